The van der Waals surface area contributed by atoms with Crippen LogP contribution in [0.1, 0.15) is 55.5 Å². The molecule has 0 atom stereocenters. The topological polar surface area (TPSA) is 47.9 Å². The second-order valence-electron chi connectivity index (χ2n) is 22.9. The first-order valence-corrected chi connectivity index (χ1v) is 27.5. The maximum atomic E-state index is 12.7. The second-order valence-corrected chi connectivity index (χ2v) is 22.9. The summed E-state index contributed by atoms with van der Waals surface area (Å²) in [6, 6.07) is 81.8. The molecule has 0 amide bonds. The number of hydrogen-bond acceptors (Lipinski definition) is 1. The van der Waals surface area contributed by atoms with Gasteiger partial charge in [0.25, 0.3) is 0 Å². The molecule has 6 nitrogen and oxygen atoms in total. The summed E-state index contributed by atoms with van der Waals surface area (Å²) in [6.07, 6.45) is 0. The van der Waals surface area contributed by atoms with Crippen LogP contribution in [-0.2, 0) is 10.8 Å². The van der Waals surface area contributed by atoms with Gasteiger partial charge in [-0.25, -0.2) is 4.85 Å². The van der Waals surface area contributed by atoms with Crippen molar-refractivity contribution < 1.29 is 0 Å². The summed E-state index contributed by atoms with van der Waals surface area (Å²) in [5.74, 6) is 0. The van der Waals surface area contributed by atoms with Crippen molar-refractivity contribution in [3.05, 3.63) is 258 Å². The molecule has 0 N–H and O–H groups in total. The highest BCUT2D eigenvalue weighted by molar-refractivity contribution is 6.19. The summed E-state index contributed by atoms with van der Waals surface area (Å²) >= 11 is 0. The zero-order chi connectivity index (χ0) is 53.5. The van der Waals surface area contributed by atoms with Crippen LogP contribution in [0.15, 0.2) is 218 Å². The third-order valence-corrected chi connectivity index (χ3v) is 18.4. The minimum atomic E-state index is -0.441. The monoisotopic (exact) mass is 1020 g/mol. The van der Waals surface area contributed by atoms with Crippen molar-refractivity contribution in [2.24, 2.45) is 0 Å². The van der Waals surface area contributed by atoms with Gasteiger partial charge in [-0.15, -0.1) is 0 Å². The summed E-state index contributed by atoms with van der Waals surface area (Å²) in [7, 11) is 0. The fraction of sp³-hybridized carbons (Fsp3) is 0.0811. The maximum absolute atomic E-state index is 12.7. The second kappa shape index (κ2) is 15.6. The van der Waals surface area contributed by atoms with E-state index in [1.165, 1.54) is 44.5 Å². The van der Waals surface area contributed by atoms with E-state index in [0.29, 0.717) is 16.9 Å². The van der Waals surface area contributed by atoms with Crippen LogP contribution >= 0.6 is 0 Å². The quantitative estimate of drug-likeness (QED) is 0.162. The Morgan fingerprint density at radius 1 is 0.338 bits per heavy atom. The van der Waals surface area contributed by atoms with Gasteiger partial charge >= 0.3 is 0 Å². The van der Waals surface area contributed by atoms with Crippen LogP contribution in [0, 0.1) is 17.9 Å². The molecule has 2 aliphatic carbocycles. The van der Waals surface area contributed by atoms with Gasteiger partial charge < -0.3 is 18.3 Å². The molecule has 4 heterocycles. The van der Waals surface area contributed by atoms with Crippen LogP contribution in [0.2, 0.25) is 0 Å². The van der Waals surface area contributed by atoms with Gasteiger partial charge in [-0.05, 0) is 80.9 Å². The minimum absolute atomic E-state index is 0.276. The Balaban J connectivity index is 1.21. The van der Waals surface area contributed by atoms with Gasteiger partial charge in [-0.3, -0.25) is 0 Å². The molecule has 15 aromatic rings. The zero-order valence-electron chi connectivity index (χ0n) is 44.5. The Morgan fingerprint density at radius 2 is 0.650 bits per heavy atom. The van der Waals surface area contributed by atoms with Crippen molar-refractivity contribution >= 4 is 92.9 Å². The van der Waals surface area contributed by atoms with Gasteiger partial charge in [0.2, 0.25) is 5.69 Å². The number of aromatic nitrogens is 4. The average Bonchev–Trinajstić information content (AvgIpc) is 4.45. The summed E-state index contributed by atoms with van der Waals surface area (Å²) in [4.78, 5) is 4.79. The number of fused-ring (bicyclic) bond motifs is 20. The van der Waals surface area contributed by atoms with Crippen molar-refractivity contribution in [2.45, 2.75) is 38.5 Å². The molecule has 6 heteroatoms. The normalized spacial score (nSPS) is 13.9. The first-order valence-electron chi connectivity index (χ1n) is 27.5. The molecule has 0 spiro atoms. The number of para-hydroxylation sites is 6. The molecule has 0 saturated carbocycles. The highest BCUT2D eigenvalue weighted by atomic mass is 15.2. The molecular weight excluding hydrogens is 973 g/mol. The largest absolute Gasteiger partial charge is 0.317 e. The predicted molar refractivity (Wildman–Crippen MR) is 330 cm³/mol. The molecule has 2 aliphatic rings. The lowest BCUT2D eigenvalue weighted by molar-refractivity contribution is 0.663. The van der Waals surface area contributed by atoms with Crippen LogP contribution in [0.4, 0.5) is 5.69 Å². The number of rotatable bonds is 4. The van der Waals surface area contributed by atoms with Crippen molar-refractivity contribution in [3.8, 4) is 51.1 Å². The van der Waals surface area contributed by atoms with E-state index in [0.717, 1.165) is 98.6 Å². The molecule has 0 unspecified atom stereocenters. The Morgan fingerprint density at radius 3 is 1.02 bits per heavy atom. The molecular formula is C74H48N6. The Bertz CT molecular complexity index is 4960. The molecule has 0 radical (unpaired) electrons. The molecule has 17 rings (SSSR count). The Hall–Kier alpha value is -10.4. The summed E-state index contributed by atoms with van der Waals surface area (Å²) in [5.41, 5.74) is 20.1. The van der Waals surface area contributed by atoms with Gasteiger partial charge in [-0.2, -0.15) is 5.26 Å². The van der Waals surface area contributed by atoms with E-state index in [2.05, 4.69) is 270 Å². The third kappa shape index (κ3) is 5.40. The fourth-order valence-corrected chi connectivity index (χ4v) is 15.2. The molecule has 374 valence electrons. The molecule has 11 aromatic carbocycles. The van der Waals surface area contributed by atoms with E-state index >= 15 is 0 Å². The van der Waals surface area contributed by atoms with Crippen molar-refractivity contribution in [1.82, 2.24) is 18.3 Å². The van der Waals surface area contributed by atoms with E-state index < -0.39 is 10.8 Å². The van der Waals surface area contributed by atoms with Crippen molar-refractivity contribution in [3.63, 3.8) is 0 Å². The summed E-state index contributed by atoms with van der Waals surface area (Å²) in [5, 5.41) is 21.4. The zero-order valence-corrected chi connectivity index (χ0v) is 44.5. The molecule has 0 bridgehead atoms. The smallest absolute Gasteiger partial charge is 0.232 e. The Labute approximate surface area is 461 Å². The van der Waals surface area contributed by atoms with Gasteiger partial charge in [0, 0.05) is 53.9 Å². The number of nitriles is 1. The highest BCUT2D eigenvalue weighted by Crippen LogP contribution is 2.58. The standard InChI is InChI=1S/C74H48N6/c1-73(2)56-30-14-6-22-43(56)51-38-40-53-49-28-12-20-36-62(49)79(67(53)64(51)73)69-55(42-75)66(76-5)70(80-63-37-21-13-29-50(63)54-41-39-52-44-23-7-15-31-57(44)74(3,4)65(52)68(54)80)72(78-60-34-18-10-26-47(60)48-27-11-19-35-61(48)78)71(69)77-58-32-16-8-24-45(58)46-25-9-17-33-59(46)77/h6-41H,1-4H3. The SMILES string of the molecule is [C-]#[N+]c1c(C#N)c(-n2c3ccccc3c3ccc4c(c32)C(C)(C)c2ccccc2-4)c(-n2c3ccccc3c3ccccc32)c(-n2c3ccccc3c3ccccc32)c1-n1c2ccccc2c2ccc3c(c21)C(C)(C)c1ccccc1-3. The Kier molecular flexibility index (Phi) is 8.74. The van der Waals surface area contributed by atoms with Crippen LogP contribution in [0.25, 0.3) is 137 Å². The highest BCUT2D eigenvalue weighted by Gasteiger charge is 2.43. The van der Waals surface area contributed by atoms with Crippen molar-refractivity contribution in [2.75, 3.05) is 0 Å². The minimum Gasteiger partial charge on any atom is -0.317 e. The van der Waals surface area contributed by atoms with E-state index in [1.54, 1.807) is 0 Å². The summed E-state index contributed by atoms with van der Waals surface area (Å²) < 4.78 is 9.65. The molecule has 4 aromatic heterocycles. The summed E-state index contributed by atoms with van der Waals surface area (Å²) in [6.45, 7) is 19.3. The number of benzene rings is 11. The van der Waals surface area contributed by atoms with E-state index in [4.69, 9.17) is 4.85 Å². The molecule has 0 fully saturated rings. The van der Waals surface area contributed by atoms with Crippen LogP contribution in [-0.4, -0.2) is 18.3 Å². The van der Waals surface area contributed by atoms with E-state index in [1.807, 2.05) is 0 Å². The van der Waals surface area contributed by atoms with E-state index in [-0.39, 0.29) is 5.69 Å². The van der Waals surface area contributed by atoms with E-state index in [9.17, 15) is 11.8 Å². The maximum Gasteiger partial charge on any atom is 0.232 e. The number of hydrogen-bond donors (Lipinski definition) is 0. The van der Waals surface area contributed by atoms with Gasteiger partial charge in [0.1, 0.15) is 0 Å². The van der Waals surface area contributed by atoms with Crippen LogP contribution in [0.5, 0.6) is 0 Å². The molecule has 80 heavy (non-hydrogen) atoms. The lowest BCUT2D eigenvalue weighted by atomic mass is 9.81. The third-order valence-electron chi connectivity index (χ3n) is 18.4. The molecule has 0 saturated heterocycles. The number of nitrogens with zero attached hydrogens (tertiary/aromatic N) is 6. The first kappa shape index (κ1) is 44.7. The first-order chi connectivity index (χ1) is 39.2. The van der Waals surface area contributed by atoms with Gasteiger partial charge in [-0.1, -0.05) is 210 Å². The van der Waals surface area contributed by atoms with Gasteiger partial charge in [0.15, 0.2) is 0 Å². The van der Waals surface area contributed by atoms with Gasteiger partial charge in [0.05, 0.1) is 85.1 Å². The van der Waals surface area contributed by atoms with Crippen LogP contribution in [0.3, 0.4) is 0 Å². The fourth-order valence-electron chi connectivity index (χ4n) is 15.2. The predicted octanol–water partition coefficient (Wildman–Crippen LogP) is 19.1. The lowest BCUT2D eigenvalue weighted by Gasteiger charge is -2.30. The molecule has 0 aliphatic heterocycles. The lowest BCUT2D eigenvalue weighted by Crippen LogP contribution is -2.19. The average molecular weight is 1020 g/mol. The van der Waals surface area contributed by atoms with Crippen molar-refractivity contribution in [1.29, 1.82) is 5.26 Å². The van der Waals surface area contributed by atoms with Crippen LogP contribution < -0.4 is 0 Å².